The first-order valence-electron chi connectivity index (χ1n) is 19.2. The van der Waals surface area contributed by atoms with E-state index >= 15 is 0 Å². The van der Waals surface area contributed by atoms with Crippen molar-refractivity contribution < 1.29 is 36.4 Å². The molecule has 2 fully saturated rings. The fourth-order valence-electron chi connectivity index (χ4n) is 10.5. The van der Waals surface area contributed by atoms with Crippen molar-refractivity contribution in [1.82, 2.24) is 14.8 Å². The Bertz CT molecular complexity index is 2070. The van der Waals surface area contributed by atoms with Gasteiger partial charge in [0.1, 0.15) is 11.4 Å². The van der Waals surface area contributed by atoms with E-state index in [4.69, 9.17) is 28.5 Å². The molecule has 2 saturated carbocycles. The summed E-state index contributed by atoms with van der Waals surface area (Å²) in [6.07, 6.45) is 8.21. The van der Waals surface area contributed by atoms with E-state index in [0.29, 0.717) is 43.0 Å². The van der Waals surface area contributed by atoms with E-state index in [1.165, 1.54) is 7.11 Å². The number of nitrogens with zero attached hydrogens (tertiary/aromatic N) is 4. The highest BCUT2D eigenvalue weighted by Gasteiger charge is 2.58. The number of ether oxygens (including phenoxy) is 3. The van der Waals surface area contributed by atoms with Gasteiger partial charge in [0.2, 0.25) is 0 Å². The number of rotatable bonds is 11. The van der Waals surface area contributed by atoms with Crippen molar-refractivity contribution in [1.29, 1.82) is 0 Å². The fraction of sp³-hybridized carbons (Fsp3) is 0.619. The lowest BCUT2D eigenvalue weighted by Gasteiger charge is -2.61. The van der Waals surface area contributed by atoms with Crippen molar-refractivity contribution in [3.63, 3.8) is 0 Å². The average molecular weight is 779 g/mol. The quantitative estimate of drug-likeness (QED) is 0.110. The Morgan fingerprint density at radius 1 is 0.927 bits per heavy atom. The van der Waals surface area contributed by atoms with Gasteiger partial charge in [-0.25, -0.2) is 14.6 Å². The Morgan fingerprint density at radius 3 is 2.36 bits per heavy atom. The molecule has 1 aromatic carbocycles. The normalized spacial score (nSPS) is 24.9. The summed E-state index contributed by atoms with van der Waals surface area (Å²) >= 11 is 0. The molecule has 300 valence electrons. The van der Waals surface area contributed by atoms with E-state index in [1.54, 1.807) is 6.07 Å². The number of hydrogen-bond acceptors (Lipinski definition) is 11. The minimum absolute atomic E-state index is 0.0115. The van der Waals surface area contributed by atoms with Crippen LogP contribution in [0.4, 0.5) is 5.82 Å². The van der Waals surface area contributed by atoms with Crippen molar-refractivity contribution in [2.75, 3.05) is 38.0 Å². The molecule has 3 atom stereocenters. The van der Waals surface area contributed by atoms with Crippen LogP contribution in [0.1, 0.15) is 118 Å². The number of fused-ring (bicyclic) bond motifs is 3. The first kappa shape index (κ1) is 40.8. The van der Waals surface area contributed by atoms with Crippen molar-refractivity contribution in [3.8, 4) is 11.1 Å². The minimum Gasteiger partial charge on any atom is -0.465 e. The zero-order valence-corrected chi connectivity index (χ0v) is 35.0. The second kappa shape index (κ2) is 14.6. The number of esters is 2. The number of pyridine rings is 1. The summed E-state index contributed by atoms with van der Waals surface area (Å²) in [6.45, 7) is 18.7. The molecule has 0 N–H and O–H groups in total. The lowest BCUT2D eigenvalue weighted by molar-refractivity contribution is -0.195. The molecule has 55 heavy (non-hydrogen) atoms. The second-order valence-electron chi connectivity index (χ2n) is 18.7. The second-order valence-corrected chi connectivity index (χ2v) is 20.3. The summed E-state index contributed by atoms with van der Waals surface area (Å²) in [5.41, 5.74) is 3.82. The number of methoxy groups -OCH3 is 1. The summed E-state index contributed by atoms with van der Waals surface area (Å²) in [4.78, 5) is 33.6. The van der Waals surface area contributed by atoms with Crippen LogP contribution in [-0.2, 0) is 48.0 Å². The van der Waals surface area contributed by atoms with Gasteiger partial charge in [-0.1, -0.05) is 39.8 Å². The summed E-state index contributed by atoms with van der Waals surface area (Å²) in [7, 11) is -2.18. The van der Waals surface area contributed by atoms with Gasteiger partial charge in [-0.3, -0.25) is 8.86 Å². The van der Waals surface area contributed by atoms with Gasteiger partial charge in [0.15, 0.2) is 5.69 Å². The molecule has 13 heteroatoms. The van der Waals surface area contributed by atoms with Gasteiger partial charge in [-0.15, -0.1) is 0 Å². The monoisotopic (exact) mass is 778 g/mol. The predicted octanol–water partition coefficient (Wildman–Crippen LogP) is 7.31. The molecule has 12 nitrogen and oxygen atoms in total. The third-order valence-corrected chi connectivity index (χ3v) is 11.8. The van der Waals surface area contributed by atoms with Crippen LogP contribution in [0.2, 0.25) is 0 Å². The van der Waals surface area contributed by atoms with Crippen LogP contribution in [0.15, 0.2) is 36.5 Å². The molecule has 6 rings (SSSR count). The molecule has 0 radical (unpaired) electrons. The van der Waals surface area contributed by atoms with Crippen molar-refractivity contribution in [2.24, 2.45) is 16.2 Å². The third-order valence-electron chi connectivity index (χ3n) is 11.2. The fourth-order valence-corrected chi connectivity index (χ4v) is 10.8. The van der Waals surface area contributed by atoms with E-state index in [9.17, 15) is 18.0 Å². The highest BCUT2D eigenvalue weighted by atomic mass is 32.2. The number of benzene rings is 1. The van der Waals surface area contributed by atoms with Crippen molar-refractivity contribution in [3.05, 3.63) is 64.6 Å². The van der Waals surface area contributed by atoms with Crippen LogP contribution in [0.5, 0.6) is 0 Å². The van der Waals surface area contributed by atoms with Gasteiger partial charge < -0.3 is 19.1 Å². The molecule has 3 aromatic rings. The molecule has 0 spiro atoms. The highest BCUT2D eigenvalue weighted by molar-refractivity contribution is 7.85. The van der Waals surface area contributed by atoms with Gasteiger partial charge in [-0.05, 0) is 112 Å². The number of carbonyl (C=O) groups is 2. The van der Waals surface area contributed by atoms with E-state index in [1.807, 2.05) is 62.8 Å². The zero-order valence-electron chi connectivity index (χ0n) is 34.2. The molecule has 1 aliphatic heterocycles. The first-order chi connectivity index (χ1) is 25.5. The molecule has 2 bridgehead atoms. The SMILES string of the molecule is COC(=O)c1cccc2c1CN(c1ccc(-c3cnn(CC4(C)CC5(C)CC(C)(C)CC(OCCOS(C)(=O)=O)(C4)C5)c3C)c(C(=O)OC(C)(C)C)n1)CC2. The largest absolute Gasteiger partial charge is 0.465 e. The van der Waals surface area contributed by atoms with Crippen molar-refractivity contribution in [2.45, 2.75) is 118 Å². The van der Waals surface area contributed by atoms with E-state index < -0.39 is 27.3 Å². The molecule has 3 unspecified atom stereocenters. The number of hydrogen-bond donors (Lipinski definition) is 0. The summed E-state index contributed by atoms with van der Waals surface area (Å²) < 4.78 is 48.0. The molecule has 2 aliphatic carbocycles. The highest BCUT2D eigenvalue weighted by Crippen LogP contribution is 2.63. The first-order valence-corrected chi connectivity index (χ1v) is 21.0. The maximum Gasteiger partial charge on any atom is 0.358 e. The van der Waals surface area contributed by atoms with Gasteiger partial charge in [0.05, 0.1) is 43.9 Å². The summed E-state index contributed by atoms with van der Waals surface area (Å²) in [5, 5.41) is 4.90. The Labute approximate surface area is 326 Å². The van der Waals surface area contributed by atoms with Gasteiger partial charge in [-0.2, -0.15) is 13.5 Å². The Balaban J connectivity index is 1.30. The van der Waals surface area contributed by atoms with E-state index in [2.05, 4.69) is 32.6 Å². The van der Waals surface area contributed by atoms with E-state index in [-0.39, 0.29) is 41.1 Å². The van der Waals surface area contributed by atoms with Crippen molar-refractivity contribution >= 4 is 27.9 Å². The Kier molecular flexibility index (Phi) is 10.8. The average Bonchev–Trinajstić information content (AvgIpc) is 3.41. The lowest BCUT2D eigenvalue weighted by Crippen LogP contribution is -2.57. The number of anilines is 1. The van der Waals surface area contributed by atoms with Crippen LogP contribution in [0, 0.1) is 23.2 Å². The Hall–Kier alpha value is -3.81. The molecule has 3 heterocycles. The lowest BCUT2D eigenvalue weighted by atomic mass is 9.48. The predicted molar refractivity (Wildman–Crippen MR) is 210 cm³/mol. The van der Waals surface area contributed by atoms with E-state index in [0.717, 1.165) is 60.7 Å². The molecule has 0 saturated heterocycles. The van der Waals surface area contributed by atoms with Crippen LogP contribution in [0.3, 0.4) is 0 Å². The maximum atomic E-state index is 13.9. The van der Waals surface area contributed by atoms with Gasteiger partial charge >= 0.3 is 11.9 Å². The smallest absolute Gasteiger partial charge is 0.358 e. The van der Waals surface area contributed by atoms with Crippen LogP contribution in [0.25, 0.3) is 11.1 Å². The standard InChI is InChI=1S/C42H58N4O8S/c1-28-32(20-43-46(28)27-41(8)24-40(7)22-39(5,6)23-42(25-40,26-41)52-18-19-53-55(10,49)50)30-14-15-34(44-35(30)37(48)54-38(2,3)4)45-17-16-29-12-11-13-31(33(29)21-45)36(47)51-9/h11-15,20H,16-19,21-27H2,1-10H3. The molecular formula is C42H58N4O8S. The minimum atomic E-state index is -3.56. The third kappa shape index (κ3) is 9.26. The van der Waals surface area contributed by atoms with Crippen LogP contribution in [-0.4, -0.2) is 79.4 Å². The number of aromatic nitrogens is 3. The van der Waals surface area contributed by atoms with Crippen LogP contribution >= 0.6 is 0 Å². The molecular weight excluding hydrogens is 721 g/mol. The zero-order chi connectivity index (χ0) is 40.2. The van der Waals surface area contributed by atoms with Gasteiger partial charge in [0.25, 0.3) is 10.1 Å². The maximum absolute atomic E-state index is 13.9. The molecule has 0 amide bonds. The topological polar surface area (TPSA) is 139 Å². The summed E-state index contributed by atoms with van der Waals surface area (Å²) in [5.74, 6) is -0.288. The van der Waals surface area contributed by atoms with Gasteiger partial charge in [0, 0.05) is 36.5 Å². The molecule has 2 aromatic heterocycles. The summed E-state index contributed by atoms with van der Waals surface area (Å²) in [6, 6.07) is 9.54. The van der Waals surface area contributed by atoms with Crippen LogP contribution < -0.4 is 4.90 Å². The number of carbonyl (C=O) groups excluding carboxylic acids is 2. The Morgan fingerprint density at radius 2 is 1.67 bits per heavy atom. The molecule has 3 aliphatic rings.